The van der Waals surface area contributed by atoms with E-state index in [0.29, 0.717) is 43.1 Å². The zero-order chi connectivity index (χ0) is 41.0. The van der Waals surface area contributed by atoms with Gasteiger partial charge in [-0.25, -0.2) is 24.4 Å². The third-order valence-electron chi connectivity index (χ3n) is 10.5. The first-order valence-electron chi connectivity index (χ1n) is 19.0. The van der Waals surface area contributed by atoms with Crippen molar-refractivity contribution in [2.24, 2.45) is 11.8 Å². The second-order valence-corrected chi connectivity index (χ2v) is 15.0. The van der Waals surface area contributed by atoms with E-state index in [0.717, 1.165) is 34.9 Å². The summed E-state index contributed by atoms with van der Waals surface area (Å²) in [4.78, 5) is 82.2. The SMILES string of the molecule is COC(=O)NC(C(=O)N1CCCC1c1ncc(-c2ccc3cc(C#Cc4[nH]c(C5CCCN5C(=O)C(NC(=O)OC)C(C)C)nc4C(=O)O)ccc3c2)[nH]1)C(C)C. The quantitative estimate of drug-likeness (QED) is 0.134. The van der Waals surface area contributed by atoms with Crippen molar-refractivity contribution in [3.8, 4) is 23.1 Å². The highest BCUT2D eigenvalue weighted by Gasteiger charge is 2.39. The number of carboxylic acid groups (broad SMARTS) is 1. The summed E-state index contributed by atoms with van der Waals surface area (Å²) >= 11 is 0. The lowest BCUT2D eigenvalue weighted by molar-refractivity contribution is -0.136. The maximum atomic E-state index is 13.6. The van der Waals surface area contributed by atoms with Crippen molar-refractivity contribution in [2.75, 3.05) is 27.3 Å². The number of aromatic nitrogens is 4. The van der Waals surface area contributed by atoms with Crippen LogP contribution in [-0.2, 0) is 19.1 Å². The number of methoxy groups -OCH3 is 2. The average molecular weight is 781 g/mol. The van der Waals surface area contributed by atoms with Crippen molar-refractivity contribution in [2.45, 2.75) is 77.5 Å². The van der Waals surface area contributed by atoms with Crippen LogP contribution in [0, 0.1) is 23.7 Å². The number of alkyl carbamates (subject to hydrolysis) is 2. The first-order chi connectivity index (χ1) is 27.3. The number of nitrogens with one attached hydrogen (secondary N) is 4. The van der Waals surface area contributed by atoms with E-state index in [4.69, 9.17) is 9.47 Å². The number of aromatic carboxylic acids is 1. The third kappa shape index (κ3) is 8.72. The van der Waals surface area contributed by atoms with Crippen molar-refractivity contribution in [1.82, 2.24) is 40.4 Å². The molecule has 6 rings (SSSR count). The standard InChI is InChI=1S/C41H48N8O8/c1-22(2)32(46-40(54)56-5)37(50)48-17-7-9-30(48)35-42-21-29(44-35)27-15-14-25-19-24(11-13-26(25)20-27)12-16-28-34(39(52)53)45-36(43-28)31-10-8-18-49(31)38(51)33(23(3)4)47-41(55)57-6/h11,13-15,19-23,30-33H,7-10,17-18H2,1-6H3,(H,42,44)(H,43,45)(H,46,54)(H,47,55)(H,52,53). The van der Waals surface area contributed by atoms with Crippen LogP contribution in [0.15, 0.2) is 42.6 Å². The van der Waals surface area contributed by atoms with Crippen molar-refractivity contribution in [3.05, 3.63) is 71.2 Å². The van der Waals surface area contributed by atoms with Gasteiger partial charge in [-0.15, -0.1) is 0 Å². The van der Waals surface area contributed by atoms with Crippen molar-refractivity contribution < 1.29 is 38.6 Å². The number of carboxylic acids is 1. The molecule has 0 bridgehead atoms. The normalized spacial score (nSPS) is 17.6. The Morgan fingerprint density at radius 2 is 1.35 bits per heavy atom. The van der Waals surface area contributed by atoms with E-state index in [1.54, 1.807) is 16.0 Å². The second-order valence-electron chi connectivity index (χ2n) is 15.0. The fraction of sp³-hybridized carbons (Fsp3) is 0.439. The van der Waals surface area contributed by atoms with Gasteiger partial charge in [-0.05, 0) is 72.4 Å². The molecular weight excluding hydrogens is 732 g/mol. The lowest BCUT2D eigenvalue weighted by Crippen LogP contribution is -2.51. The molecule has 2 saturated heterocycles. The summed E-state index contributed by atoms with van der Waals surface area (Å²) in [6.45, 7) is 8.38. The largest absolute Gasteiger partial charge is 0.476 e. The highest BCUT2D eigenvalue weighted by atomic mass is 16.5. The van der Waals surface area contributed by atoms with Crippen LogP contribution in [-0.4, -0.2) is 104 Å². The van der Waals surface area contributed by atoms with Crippen LogP contribution in [0.3, 0.4) is 0 Å². The minimum atomic E-state index is -1.25. The fourth-order valence-corrected chi connectivity index (χ4v) is 7.46. The number of fused-ring (bicyclic) bond motifs is 1. The lowest BCUT2D eigenvalue weighted by Gasteiger charge is -2.30. The predicted molar refractivity (Wildman–Crippen MR) is 209 cm³/mol. The molecule has 0 saturated carbocycles. The predicted octanol–water partition coefficient (Wildman–Crippen LogP) is 5.14. The van der Waals surface area contributed by atoms with Gasteiger partial charge in [-0.2, -0.15) is 0 Å². The average Bonchev–Trinajstić information content (AvgIpc) is 4.03. The minimum Gasteiger partial charge on any atom is -0.476 e. The maximum Gasteiger partial charge on any atom is 0.407 e. The Bertz CT molecular complexity index is 2230. The molecule has 16 nitrogen and oxygen atoms in total. The number of rotatable bonds is 10. The highest BCUT2D eigenvalue weighted by Crippen LogP contribution is 2.34. The molecule has 300 valence electrons. The summed E-state index contributed by atoms with van der Waals surface area (Å²) in [5, 5.41) is 17.1. The number of benzene rings is 2. The van der Waals surface area contributed by atoms with Crippen LogP contribution in [0.5, 0.6) is 0 Å². The number of aromatic amines is 2. The molecule has 4 heterocycles. The van der Waals surface area contributed by atoms with E-state index < -0.39 is 36.3 Å². The van der Waals surface area contributed by atoms with Crippen LogP contribution >= 0.6 is 0 Å². The van der Waals surface area contributed by atoms with Crippen LogP contribution in [0.2, 0.25) is 0 Å². The summed E-state index contributed by atoms with van der Waals surface area (Å²) in [5.74, 6) is 4.93. The molecule has 2 fully saturated rings. The molecule has 4 aromatic rings. The van der Waals surface area contributed by atoms with Crippen molar-refractivity contribution in [1.29, 1.82) is 0 Å². The molecule has 2 aliphatic heterocycles. The number of amides is 4. The molecule has 4 unspecified atom stereocenters. The third-order valence-corrected chi connectivity index (χ3v) is 10.5. The zero-order valence-corrected chi connectivity index (χ0v) is 32.8. The Kier molecular flexibility index (Phi) is 12.2. The summed E-state index contributed by atoms with van der Waals surface area (Å²) < 4.78 is 9.46. The number of likely N-dealkylation sites (tertiary alicyclic amines) is 2. The van der Waals surface area contributed by atoms with Crippen LogP contribution < -0.4 is 10.6 Å². The number of ether oxygens (including phenoxy) is 2. The molecule has 2 aromatic heterocycles. The Morgan fingerprint density at radius 1 is 0.789 bits per heavy atom. The first-order valence-corrected chi connectivity index (χ1v) is 19.0. The van der Waals surface area contributed by atoms with E-state index in [1.165, 1.54) is 14.2 Å². The topological polar surface area (TPSA) is 212 Å². The Hall–Kier alpha value is -6.37. The molecule has 57 heavy (non-hydrogen) atoms. The van der Waals surface area contributed by atoms with Gasteiger partial charge in [0.1, 0.15) is 29.4 Å². The molecule has 16 heteroatoms. The molecule has 5 N–H and O–H groups in total. The number of imidazole rings is 2. The van der Waals surface area contributed by atoms with Crippen LogP contribution in [0.25, 0.3) is 22.0 Å². The van der Waals surface area contributed by atoms with Gasteiger partial charge < -0.3 is 45.0 Å². The lowest BCUT2D eigenvalue weighted by atomic mass is 10.0. The van der Waals surface area contributed by atoms with E-state index in [9.17, 15) is 29.1 Å². The fourth-order valence-electron chi connectivity index (χ4n) is 7.46. The van der Waals surface area contributed by atoms with E-state index in [2.05, 4.69) is 42.4 Å². The van der Waals surface area contributed by atoms with Crippen molar-refractivity contribution in [3.63, 3.8) is 0 Å². The molecule has 0 radical (unpaired) electrons. The van der Waals surface area contributed by atoms with Gasteiger partial charge >= 0.3 is 18.2 Å². The number of carbonyl (C=O) groups excluding carboxylic acids is 4. The van der Waals surface area contributed by atoms with Crippen molar-refractivity contribution >= 4 is 40.7 Å². The molecule has 2 aliphatic rings. The highest BCUT2D eigenvalue weighted by molar-refractivity contribution is 5.90. The number of H-pyrrole nitrogens is 2. The van der Waals surface area contributed by atoms with Gasteiger partial charge in [0.2, 0.25) is 11.8 Å². The first kappa shape index (κ1) is 40.3. The number of hydrogen-bond acceptors (Lipinski definition) is 9. The number of carbonyl (C=O) groups is 5. The summed E-state index contributed by atoms with van der Waals surface area (Å²) in [6, 6.07) is 9.34. The van der Waals surface area contributed by atoms with E-state index >= 15 is 0 Å². The monoisotopic (exact) mass is 780 g/mol. The van der Waals surface area contributed by atoms with E-state index in [-0.39, 0.29) is 41.1 Å². The van der Waals surface area contributed by atoms with Gasteiger partial charge in [0, 0.05) is 24.2 Å². The summed E-state index contributed by atoms with van der Waals surface area (Å²) in [5.41, 5.74) is 2.24. The number of nitrogens with zero attached hydrogens (tertiary/aromatic N) is 4. The molecule has 4 amide bonds. The molecule has 0 spiro atoms. The van der Waals surface area contributed by atoms with Gasteiger partial charge in [0.05, 0.1) is 38.2 Å². The molecule has 2 aromatic carbocycles. The zero-order valence-electron chi connectivity index (χ0n) is 32.8. The number of hydrogen-bond donors (Lipinski definition) is 5. The second kappa shape index (κ2) is 17.2. The van der Waals surface area contributed by atoms with E-state index in [1.807, 2.05) is 64.1 Å². The Balaban J connectivity index is 1.19. The summed E-state index contributed by atoms with van der Waals surface area (Å²) in [6.07, 6.45) is 3.19. The molecular formula is C41H48N8O8. The van der Waals surface area contributed by atoms with Crippen LogP contribution in [0.1, 0.15) is 98.9 Å². The Labute approximate surface area is 330 Å². The molecule has 4 atom stereocenters. The Morgan fingerprint density at radius 3 is 1.91 bits per heavy atom. The summed E-state index contributed by atoms with van der Waals surface area (Å²) in [7, 11) is 2.50. The van der Waals surface area contributed by atoms with Gasteiger partial charge in [-0.3, -0.25) is 9.59 Å². The maximum absolute atomic E-state index is 13.6. The smallest absolute Gasteiger partial charge is 0.407 e. The van der Waals surface area contributed by atoms with Gasteiger partial charge in [0.25, 0.3) is 0 Å². The minimum absolute atomic E-state index is 0.123. The van der Waals surface area contributed by atoms with Gasteiger partial charge in [0.15, 0.2) is 5.69 Å². The van der Waals surface area contributed by atoms with Gasteiger partial charge in [-0.1, -0.05) is 51.8 Å². The van der Waals surface area contributed by atoms with Crippen LogP contribution in [0.4, 0.5) is 9.59 Å². The molecule has 0 aliphatic carbocycles.